The number of aromatic amines is 1. The predicted molar refractivity (Wildman–Crippen MR) is 114 cm³/mol. The van der Waals surface area contributed by atoms with Gasteiger partial charge in [0.1, 0.15) is 11.7 Å². The summed E-state index contributed by atoms with van der Waals surface area (Å²) in [6, 6.07) is 10.0. The SMILES string of the molecule is Cc1ncccc1-c1nnc(N2CCc3[nH]cnc3C2c2cc3cccc(C(F)F)n3n2)o1. The van der Waals surface area contributed by atoms with Gasteiger partial charge in [0.25, 0.3) is 12.3 Å². The number of nitrogens with zero attached hydrogens (tertiary/aromatic N) is 7. The molecule has 0 amide bonds. The largest absolute Gasteiger partial charge is 0.403 e. The van der Waals surface area contributed by atoms with Crippen LogP contribution in [0.15, 0.2) is 53.3 Å². The van der Waals surface area contributed by atoms with Crippen molar-refractivity contribution in [3.63, 3.8) is 0 Å². The highest BCUT2D eigenvalue weighted by atomic mass is 19.3. The summed E-state index contributed by atoms with van der Waals surface area (Å²) >= 11 is 0. The number of rotatable bonds is 4. The second-order valence-corrected chi connectivity index (χ2v) is 7.80. The van der Waals surface area contributed by atoms with Crippen molar-refractivity contribution in [1.29, 1.82) is 0 Å². The Labute approximate surface area is 186 Å². The average Bonchev–Trinajstić information content (AvgIpc) is 3.56. The van der Waals surface area contributed by atoms with Gasteiger partial charge in [0, 0.05) is 30.6 Å². The van der Waals surface area contributed by atoms with E-state index in [4.69, 9.17) is 4.42 Å². The van der Waals surface area contributed by atoms with Gasteiger partial charge in [-0.15, -0.1) is 5.10 Å². The molecule has 0 spiro atoms. The molecule has 33 heavy (non-hydrogen) atoms. The number of aromatic nitrogens is 7. The highest BCUT2D eigenvalue weighted by molar-refractivity contribution is 5.57. The number of H-pyrrole nitrogens is 1. The Bertz CT molecular complexity index is 1460. The van der Waals surface area contributed by atoms with E-state index in [1.807, 2.05) is 24.0 Å². The fourth-order valence-corrected chi connectivity index (χ4v) is 4.29. The Hall–Kier alpha value is -4.15. The molecular weight excluding hydrogens is 430 g/mol. The molecule has 6 heterocycles. The van der Waals surface area contributed by atoms with Crippen LogP contribution in [0.5, 0.6) is 0 Å². The molecule has 0 bridgehead atoms. The number of imidazole rings is 1. The highest BCUT2D eigenvalue weighted by Crippen LogP contribution is 2.37. The van der Waals surface area contributed by atoms with Gasteiger partial charge >= 0.3 is 6.01 Å². The van der Waals surface area contributed by atoms with Gasteiger partial charge in [-0.2, -0.15) is 5.10 Å². The Balaban J connectivity index is 1.46. The molecule has 0 fully saturated rings. The van der Waals surface area contributed by atoms with Crippen LogP contribution in [0.1, 0.15) is 40.9 Å². The first-order valence-corrected chi connectivity index (χ1v) is 10.4. The lowest BCUT2D eigenvalue weighted by Crippen LogP contribution is -2.37. The van der Waals surface area contributed by atoms with Crippen LogP contribution in [0.25, 0.3) is 17.0 Å². The van der Waals surface area contributed by atoms with E-state index in [-0.39, 0.29) is 5.69 Å². The summed E-state index contributed by atoms with van der Waals surface area (Å²) in [4.78, 5) is 13.9. The first-order valence-electron chi connectivity index (χ1n) is 10.4. The number of alkyl halides is 2. The third-order valence-corrected chi connectivity index (χ3v) is 5.86. The highest BCUT2D eigenvalue weighted by Gasteiger charge is 2.36. The van der Waals surface area contributed by atoms with Crippen molar-refractivity contribution in [2.45, 2.75) is 25.8 Å². The van der Waals surface area contributed by atoms with E-state index in [9.17, 15) is 8.78 Å². The minimum atomic E-state index is -2.65. The third kappa shape index (κ3) is 3.15. The summed E-state index contributed by atoms with van der Waals surface area (Å²) in [5, 5.41) is 13.0. The van der Waals surface area contributed by atoms with Crippen LogP contribution in [0.3, 0.4) is 0 Å². The van der Waals surface area contributed by atoms with Gasteiger partial charge in [-0.3, -0.25) is 4.98 Å². The van der Waals surface area contributed by atoms with Crippen LogP contribution in [0, 0.1) is 6.92 Å². The Kier molecular flexibility index (Phi) is 4.42. The lowest BCUT2D eigenvalue weighted by Gasteiger charge is -2.32. The number of halogens is 2. The fraction of sp³-hybridized carbons (Fsp3) is 0.227. The molecule has 1 aliphatic rings. The van der Waals surface area contributed by atoms with Crippen LogP contribution in [0.2, 0.25) is 0 Å². The molecule has 0 radical (unpaired) electrons. The number of anilines is 1. The zero-order chi connectivity index (χ0) is 22.5. The number of hydrogen-bond donors (Lipinski definition) is 1. The number of fused-ring (bicyclic) bond motifs is 2. The average molecular weight is 448 g/mol. The van der Waals surface area contributed by atoms with Crippen LogP contribution in [-0.2, 0) is 6.42 Å². The van der Waals surface area contributed by atoms with Crippen LogP contribution >= 0.6 is 0 Å². The van der Waals surface area contributed by atoms with Gasteiger partial charge in [0.05, 0.1) is 28.8 Å². The zero-order valence-electron chi connectivity index (χ0n) is 17.5. The molecule has 5 aromatic rings. The van der Waals surface area contributed by atoms with Crippen molar-refractivity contribution >= 4 is 11.5 Å². The molecule has 0 aliphatic carbocycles. The molecule has 9 nitrogen and oxygen atoms in total. The van der Waals surface area contributed by atoms with E-state index in [2.05, 4.69) is 30.2 Å². The van der Waals surface area contributed by atoms with Gasteiger partial charge in [-0.1, -0.05) is 11.2 Å². The summed E-state index contributed by atoms with van der Waals surface area (Å²) in [5.74, 6) is 0.358. The van der Waals surface area contributed by atoms with E-state index < -0.39 is 12.5 Å². The molecule has 6 rings (SSSR count). The molecule has 11 heteroatoms. The standard InChI is InChI=1S/C22H18F2N8O/c1-12-14(5-3-8-25-12)21-28-29-22(33-21)31-9-7-15-18(27-11-26-15)19(31)16-10-13-4-2-6-17(20(23)24)32(13)30-16/h2-6,8,10-11,19-20H,7,9H2,1H3,(H,26,27). The molecule has 166 valence electrons. The van der Waals surface area contributed by atoms with Crippen molar-refractivity contribution in [3.8, 4) is 11.5 Å². The molecule has 1 atom stereocenters. The summed E-state index contributed by atoms with van der Waals surface area (Å²) < 4.78 is 34.4. The number of hydrogen-bond acceptors (Lipinski definition) is 7. The first-order chi connectivity index (χ1) is 16.1. The smallest absolute Gasteiger partial charge is 0.319 e. The monoisotopic (exact) mass is 448 g/mol. The van der Waals surface area contributed by atoms with E-state index in [0.717, 1.165) is 22.6 Å². The summed E-state index contributed by atoms with van der Waals surface area (Å²) in [7, 11) is 0. The predicted octanol–water partition coefficient (Wildman–Crippen LogP) is 3.90. The molecule has 1 unspecified atom stereocenters. The first kappa shape index (κ1) is 19.5. The van der Waals surface area contributed by atoms with Crippen molar-refractivity contribution in [1.82, 2.24) is 34.8 Å². The van der Waals surface area contributed by atoms with Crippen molar-refractivity contribution < 1.29 is 13.2 Å². The second kappa shape index (κ2) is 7.47. The van der Waals surface area contributed by atoms with Gasteiger partial charge < -0.3 is 14.3 Å². The summed E-state index contributed by atoms with van der Waals surface area (Å²) in [6.07, 6.45) is 1.36. The minimum Gasteiger partial charge on any atom is -0.403 e. The number of pyridine rings is 2. The van der Waals surface area contributed by atoms with Gasteiger partial charge in [0.15, 0.2) is 0 Å². The van der Waals surface area contributed by atoms with Crippen LogP contribution in [0.4, 0.5) is 14.8 Å². The minimum absolute atomic E-state index is 0.171. The molecule has 0 saturated heterocycles. The molecular formula is C22H18F2N8O. The van der Waals surface area contributed by atoms with Gasteiger partial charge in [-0.05, 0) is 37.3 Å². The third-order valence-electron chi connectivity index (χ3n) is 5.86. The fourth-order valence-electron chi connectivity index (χ4n) is 4.29. The van der Waals surface area contributed by atoms with E-state index >= 15 is 0 Å². The Morgan fingerprint density at radius 2 is 2.06 bits per heavy atom. The van der Waals surface area contributed by atoms with Crippen molar-refractivity contribution in [2.75, 3.05) is 11.4 Å². The quantitative estimate of drug-likeness (QED) is 0.445. The second-order valence-electron chi connectivity index (χ2n) is 7.80. The van der Waals surface area contributed by atoms with Crippen LogP contribution in [-0.4, -0.2) is 41.3 Å². The zero-order valence-corrected chi connectivity index (χ0v) is 17.5. The lowest BCUT2D eigenvalue weighted by molar-refractivity contribution is 0.143. The van der Waals surface area contributed by atoms with Crippen LogP contribution < -0.4 is 4.90 Å². The molecule has 0 aromatic carbocycles. The van der Waals surface area contributed by atoms with E-state index in [1.165, 1.54) is 10.6 Å². The topological polar surface area (TPSA) is 101 Å². The Morgan fingerprint density at radius 1 is 1.15 bits per heavy atom. The Morgan fingerprint density at radius 3 is 2.91 bits per heavy atom. The maximum atomic E-state index is 13.5. The molecule has 1 aliphatic heterocycles. The summed E-state index contributed by atoms with van der Waals surface area (Å²) in [5.41, 5.74) is 4.20. The van der Waals surface area contributed by atoms with Crippen molar-refractivity contribution in [2.24, 2.45) is 0 Å². The maximum Gasteiger partial charge on any atom is 0.319 e. The van der Waals surface area contributed by atoms with Crippen molar-refractivity contribution in [3.05, 3.63) is 77.4 Å². The summed E-state index contributed by atoms with van der Waals surface area (Å²) in [6.45, 7) is 2.43. The van der Waals surface area contributed by atoms with Gasteiger partial charge in [0.2, 0.25) is 0 Å². The number of aryl methyl sites for hydroxylation is 1. The lowest BCUT2D eigenvalue weighted by atomic mass is 10.0. The molecule has 1 N–H and O–H groups in total. The number of nitrogens with one attached hydrogen (secondary N) is 1. The normalized spacial score (nSPS) is 16.0. The molecule has 5 aromatic heterocycles. The molecule has 0 saturated carbocycles. The van der Waals surface area contributed by atoms with E-state index in [0.29, 0.717) is 36.1 Å². The maximum absolute atomic E-state index is 13.5. The van der Waals surface area contributed by atoms with Gasteiger partial charge in [-0.25, -0.2) is 18.3 Å². The van der Waals surface area contributed by atoms with E-state index in [1.54, 1.807) is 30.7 Å².